The first-order valence-electron chi connectivity index (χ1n) is 9.74. The zero-order valence-corrected chi connectivity index (χ0v) is 17.2. The first-order chi connectivity index (χ1) is 15.9. The van der Waals surface area contributed by atoms with Gasteiger partial charge in [0.15, 0.2) is 17.2 Å². The molecule has 2 heterocycles. The Balaban J connectivity index is 1.58. The van der Waals surface area contributed by atoms with Crippen molar-refractivity contribution in [2.45, 2.75) is 6.92 Å². The van der Waals surface area contributed by atoms with Crippen molar-refractivity contribution in [3.8, 4) is 11.5 Å². The van der Waals surface area contributed by atoms with Gasteiger partial charge in [0.2, 0.25) is 11.7 Å². The molecule has 33 heavy (non-hydrogen) atoms. The zero-order valence-electron chi connectivity index (χ0n) is 17.2. The van der Waals surface area contributed by atoms with Gasteiger partial charge in [0.25, 0.3) is 5.69 Å². The van der Waals surface area contributed by atoms with Crippen molar-refractivity contribution in [2.24, 2.45) is 4.99 Å². The Bertz CT molecular complexity index is 1270. The summed E-state index contributed by atoms with van der Waals surface area (Å²) in [5.74, 6) is -0.791. The molecule has 0 amide bonds. The molecule has 0 N–H and O–H groups in total. The standard InChI is InChI=1S/C23H16N2O8/c1-2-30-20-13-14(5-10-18(20)32-23(27)19-4-3-11-31-19)12-17-22(26)33-21(24-17)15-6-8-16(9-7-15)25(28)29/h3-13H,2H2,1H3/b17-12+. The number of hydrogen-bond acceptors (Lipinski definition) is 9. The molecule has 0 bridgehead atoms. The molecule has 4 rings (SSSR count). The van der Waals surface area contributed by atoms with E-state index < -0.39 is 16.9 Å². The predicted octanol–water partition coefficient (Wildman–Crippen LogP) is 4.15. The highest BCUT2D eigenvalue weighted by atomic mass is 16.6. The monoisotopic (exact) mass is 448 g/mol. The number of nitrogens with zero attached hydrogens (tertiary/aromatic N) is 2. The number of cyclic esters (lactones) is 1. The average molecular weight is 448 g/mol. The molecule has 10 nitrogen and oxygen atoms in total. The summed E-state index contributed by atoms with van der Waals surface area (Å²) in [7, 11) is 0. The Morgan fingerprint density at radius 3 is 2.61 bits per heavy atom. The van der Waals surface area contributed by atoms with Crippen molar-refractivity contribution < 1.29 is 33.1 Å². The molecule has 3 aromatic rings. The molecule has 0 aliphatic carbocycles. The highest BCUT2D eigenvalue weighted by Crippen LogP contribution is 2.31. The molecule has 166 valence electrons. The molecule has 1 aliphatic rings. The fraction of sp³-hybridized carbons (Fsp3) is 0.0870. The first kappa shape index (κ1) is 21.5. The Morgan fingerprint density at radius 1 is 1.15 bits per heavy atom. The van der Waals surface area contributed by atoms with Gasteiger partial charge in [-0.25, -0.2) is 14.6 Å². The highest BCUT2D eigenvalue weighted by molar-refractivity contribution is 6.12. The molecule has 0 spiro atoms. The van der Waals surface area contributed by atoms with Gasteiger partial charge in [0, 0.05) is 17.7 Å². The van der Waals surface area contributed by atoms with Crippen molar-refractivity contribution in [2.75, 3.05) is 6.61 Å². The third-order valence-corrected chi connectivity index (χ3v) is 4.44. The number of esters is 2. The van der Waals surface area contributed by atoms with Crippen LogP contribution in [0.4, 0.5) is 5.69 Å². The minimum atomic E-state index is -0.677. The zero-order chi connectivity index (χ0) is 23.4. The van der Waals surface area contributed by atoms with Crippen LogP contribution in [0.5, 0.6) is 11.5 Å². The summed E-state index contributed by atoms with van der Waals surface area (Å²) >= 11 is 0. The van der Waals surface area contributed by atoms with Crippen molar-refractivity contribution in [1.82, 2.24) is 0 Å². The number of aliphatic imine (C=N–C) groups is 1. The van der Waals surface area contributed by atoms with Crippen LogP contribution in [0, 0.1) is 10.1 Å². The number of nitro benzene ring substituents is 1. The molecule has 1 aliphatic heterocycles. The van der Waals surface area contributed by atoms with Crippen molar-refractivity contribution in [1.29, 1.82) is 0 Å². The summed E-state index contributed by atoms with van der Waals surface area (Å²) in [5.41, 5.74) is 0.923. The first-order valence-corrected chi connectivity index (χ1v) is 9.74. The van der Waals surface area contributed by atoms with E-state index in [-0.39, 0.29) is 34.5 Å². The smallest absolute Gasteiger partial charge is 0.379 e. The van der Waals surface area contributed by atoms with Crippen molar-refractivity contribution >= 4 is 29.6 Å². The normalized spacial score (nSPS) is 14.0. The van der Waals surface area contributed by atoms with E-state index >= 15 is 0 Å². The number of carbonyl (C=O) groups is 2. The summed E-state index contributed by atoms with van der Waals surface area (Å²) in [6.07, 6.45) is 2.85. The second kappa shape index (κ2) is 9.18. The lowest BCUT2D eigenvalue weighted by atomic mass is 10.1. The molecular formula is C23H16N2O8. The number of hydrogen-bond donors (Lipinski definition) is 0. The lowest BCUT2D eigenvalue weighted by Gasteiger charge is -2.10. The van der Waals surface area contributed by atoms with Crippen molar-refractivity contribution in [3.05, 3.63) is 93.6 Å². The largest absolute Gasteiger partial charge is 0.490 e. The van der Waals surface area contributed by atoms with Gasteiger partial charge in [-0.3, -0.25) is 10.1 Å². The molecular weight excluding hydrogens is 432 g/mol. The van der Waals surface area contributed by atoms with E-state index in [9.17, 15) is 19.7 Å². The number of benzene rings is 2. The molecule has 0 radical (unpaired) electrons. The minimum Gasteiger partial charge on any atom is -0.490 e. The van der Waals surface area contributed by atoms with Gasteiger partial charge in [0.05, 0.1) is 17.8 Å². The number of nitro groups is 1. The van der Waals surface area contributed by atoms with E-state index in [4.69, 9.17) is 18.6 Å². The molecule has 0 unspecified atom stereocenters. The number of non-ortho nitro benzene ring substituents is 1. The van der Waals surface area contributed by atoms with E-state index in [0.717, 1.165) is 0 Å². The van der Waals surface area contributed by atoms with Gasteiger partial charge < -0.3 is 18.6 Å². The van der Waals surface area contributed by atoms with Gasteiger partial charge in [-0.15, -0.1) is 0 Å². The van der Waals surface area contributed by atoms with Crippen LogP contribution >= 0.6 is 0 Å². The van der Waals surface area contributed by atoms with Crippen LogP contribution in [0.3, 0.4) is 0 Å². The molecule has 2 aromatic carbocycles. The number of furan rings is 1. The number of carbonyl (C=O) groups excluding carboxylic acids is 2. The van der Waals surface area contributed by atoms with Crippen LogP contribution in [0.1, 0.15) is 28.6 Å². The summed E-state index contributed by atoms with van der Waals surface area (Å²) in [6.45, 7) is 2.09. The molecule has 0 saturated carbocycles. The Labute approximate surface area is 186 Å². The van der Waals surface area contributed by atoms with Crippen LogP contribution in [-0.2, 0) is 9.53 Å². The molecule has 0 atom stereocenters. The summed E-state index contributed by atoms with van der Waals surface area (Å²) < 4.78 is 21.1. The fourth-order valence-corrected chi connectivity index (χ4v) is 2.93. The van der Waals surface area contributed by atoms with Crippen molar-refractivity contribution in [3.63, 3.8) is 0 Å². The van der Waals surface area contributed by atoms with Crippen LogP contribution < -0.4 is 9.47 Å². The number of rotatable bonds is 7. The molecule has 0 saturated heterocycles. The van der Waals surface area contributed by atoms with Crippen LogP contribution in [0.2, 0.25) is 0 Å². The van der Waals surface area contributed by atoms with Gasteiger partial charge >= 0.3 is 11.9 Å². The topological polar surface area (TPSA) is 130 Å². The van der Waals surface area contributed by atoms with Crippen LogP contribution in [-0.4, -0.2) is 29.4 Å². The average Bonchev–Trinajstić information content (AvgIpc) is 3.46. The quantitative estimate of drug-likeness (QED) is 0.173. The Morgan fingerprint density at radius 2 is 1.94 bits per heavy atom. The van der Waals surface area contributed by atoms with Gasteiger partial charge in [-0.05, 0) is 55.0 Å². The Hall–Kier alpha value is -4.73. The van der Waals surface area contributed by atoms with E-state index in [1.165, 1.54) is 48.7 Å². The minimum absolute atomic E-state index is 0.0335. The van der Waals surface area contributed by atoms with E-state index in [1.807, 2.05) is 0 Å². The van der Waals surface area contributed by atoms with E-state index in [2.05, 4.69) is 4.99 Å². The Kier molecular flexibility index (Phi) is 5.98. The number of ether oxygens (including phenoxy) is 3. The lowest BCUT2D eigenvalue weighted by Crippen LogP contribution is -2.08. The summed E-state index contributed by atoms with van der Waals surface area (Å²) in [6, 6.07) is 13.3. The fourth-order valence-electron chi connectivity index (χ4n) is 2.93. The van der Waals surface area contributed by atoms with Crippen LogP contribution in [0.25, 0.3) is 6.08 Å². The van der Waals surface area contributed by atoms with E-state index in [1.54, 1.807) is 25.1 Å². The van der Waals surface area contributed by atoms with Crippen LogP contribution in [0.15, 0.2) is 76.0 Å². The highest BCUT2D eigenvalue weighted by Gasteiger charge is 2.25. The molecule has 0 fully saturated rings. The summed E-state index contributed by atoms with van der Waals surface area (Å²) in [5, 5.41) is 10.8. The third-order valence-electron chi connectivity index (χ3n) is 4.44. The summed E-state index contributed by atoms with van der Waals surface area (Å²) in [4.78, 5) is 38.9. The van der Waals surface area contributed by atoms with Gasteiger partial charge in [-0.1, -0.05) is 6.07 Å². The maximum atomic E-state index is 12.3. The van der Waals surface area contributed by atoms with Gasteiger partial charge in [0.1, 0.15) is 0 Å². The lowest BCUT2D eigenvalue weighted by molar-refractivity contribution is -0.384. The molecule has 1 aromatic heterocycles. The second-order valence-corrected chi connectivity index (χ2v) is 6.65. The van der Waals surface area contributed by atoms with E-state index in [0.29, 0.717) is 17.7 Å². The van der Waals surface area contributed by atoms with Gasteiger partial charge in [-0.2, -0.15) is 0 Å². The third kappa shape index (κ3) is 4.79. The SMILES string of the molecule is CCOc1cc(/C=C2/N=C(c3ccc([N+](=O)[O-])cc3)OC2=O)ccc1OC(=O)c1ccco1. The maximum absolute atomic E-state index is 12.3. The second-order valence-electron chi connectivity index (χ2n) is 6.65. The maximum Gasteiger partial charge on any atom is 0.379 e. The molecule has 10 heteroatoms. The predicted molar refractivity (Wildman–Crippen MR) is 115 cm³/mol.